The van der Waals surface area contributed by atoms with Crippen molar-refractivity contribution in [3.05, 3.63) is 46.8 Å². The summed E-state index contributed by atoms with van der Waals surface area (Å²) in [5.74, 6) is -0.0516. The molecule has 1 heterocycles. The molecule has 0 unspecified atom stereocenters. The molecule has 0 fully saturated rings. The van der Waals surface area contributed by atoms with Gasteiger partial charge in [0, 0.05) is 5.56 Å². The third kappa shape index (κ3) is 3.61. The Kier molecular flexibility index (Phi) is 4.94. The monoisotopic (exact) mass is 305 g/mol. The average molecular weight is 305 g/mol. The SMILES string of the molecule is CCOC(=O)c1ccsc1NC(=O)c1ccc(OC)cc1. The Labute approximate surface area is 126 Å². The van der Waals surface area contributed by atoms with Crippen molar-refractivity contribution < 1.29 is 19.1 Å². The minimum atomic E-state index is -0.441. The Balaban J connectivity index is 2.12. The summed E-state index contributed by atoms with van der Waals surface area (Å²) in [4.78, 5) is 23.9. The van der Waals surface area contributed by atoms with Gasteiger partial charge >= 0.3 is 5.97 Å². The quantitative estimate of drug-likeness (QED) is 0.862. The molecule has 0 bridgehead atoms. The van der Waals surface area contributed by atoms with E-state index in [4.69, 9.17) is 9.47 Å². The van der Waals surface area contributed by atoms with Crippen molar-refractivity contribution in [3.63, 3.8) is 0 Å². The minimum absolute atomic E-state index is 0.286. The summed E-state index contributed by atoms with van der Waals surface area (Å²) in [5, 5.41) is 4.93. The molecule has 2 rings (SSSR count). The third-order valence-corrected chi connectivity index (χ3v) is 3.57. The van der Waals surface area contributed by atoms with Crippen LogP contribution in [0.1, 0.15) is 27.6 Å². The van der Waals surface area contributed by atoms with E-state index < -0.39 is 5.97 Å². The van der Waals surface area contributed by atoms with E-state index in [1.54, 1.807) is 49.7 Å². The summed E-state index contributed by atoms with van der Waals surface area (Å²) in [6.07, 6.45) is 0. The van der Waals surface area contributed by atoms with Crippen LogP contribution in [0.3, 0.4) is 0 Å². The number of thiophene rings is 1. The van der Waals surface area contributed by atoms with Crippen LogP contribution in [0.15, 0.2) is 35.7 Å². The predicted molar refractivity (Wildman–Crippen MR) is 81.2 cm³/mol. The van der Waals surface area contributed by atoms with Gasteiger partial charge in [0.25, 0.3) is 5.91 Å². The maximum Gasteiger partial charge on any atom is 0.341 e. The number of esters is 1. The predicted octanol–water partition coefficient (Wildman–Crippen LogP) is 3.19. The first-order valence-corrected chi connectivity index (χ1v) is 7.23. The summed E-state index contributed by atoms with van der Waals surface area (Å²) in [7, 11) is 1.56. The molecular formula is C15H15NO4S. The maximum atomic E-state index is 12.1. The standard InChI is InChI=1S/C15H15NO4S/c1-3-20-15(18)12-8-9-21-14(12)16-13(17)10-4-6-11(19-2)7-5-10/h4-9H,3H2,1-2H3,(H,16,17). The van der Waals surface area contributed by atoms with Crippen LogP contribution in [0, 0.1) is 0 Å². The van der Waals surface area contributed by atoms with Crippen LogP contribution in [0.25, 0.3) is 0 Å². The summed E-state index contributed by atoms with van der Waals surface area (Å²) >= 11 is 1.28. The van der Waals surface area contributed by atoms with Gasteiger partial charge in [-0.2, -0.15) is 0 Å². The highest BCUT2D eigenvalue weighted by molar-refractivity contribution is 7.14. The molecule has 0 radical (unpaired) electrons. The Hall–Kier alpha value is -2.34. The fraction of sp³-hybridized carbons (Fsp3) is 0.200. The van der Waals surface area contributed by atoms with Gasteiger partial charge in [0.05, 0.1) is 19.3 Å². The molecule has 0 saturated carbocycles. The van der Waals surface area contributed by atoms with Crippen molar-refractivity contribution in [2.75, 3.05) is 19.0 Å². The van der Waals surface area contributed by atoms with E-state index in [1.165, 1.54) is 11.3 Å². The molecular weight excluding hydrogens is 290 g/mol. The van der Waals surface area contributed by atoms with Crippen molar-refractivity contribution in [3.8, 4) is 5.75 Å². The lowest BCUT2D eigenvalue weighted by Gasteiger charge is -2.06. The molecule has 1 amide bonds. The van der Waals surface area contributed by atoms with Gasteiger partial charge in [-0.15, -0.1) is 11.3 Å². The van der Waals surface area contributed by atoms with Gasteiger partial charge in [0.15, 0.2) is 0 Å². The topological polar surface area (TPSA) is 64.6 Å². The van der Waals surface area contributed by atoms with E-state index in [0.29, 0.717) is 28.5 Å². The summed E-state index contributed by atoms with van der Waals surface area (Å²) in [5.41, 5.74) is 0.850. The van der Waals surface area contributed by atoms with Crippen LogP contribution in [-0.2, 0) is 4.74 Å². The lowest BCUT2D eigenvalue weighted by atomic mass is 10.2. The zero-order valence-electron chi connectivity index (χ0n) is 11.7. The number of anilines is 1. The molecule has 1 N–H and O–H groups in total. The number of carbonyl (C=O) groups excluding carboxylic acids is 2. The molecule has 6 heteroatoms. The number of nitrogens with one attached hydrogen (secondary N) is 1. The molecule has 1 aromatic carbocycles. The van der Waals surface area contributed by atoms with Crippen molar-refractivity contribution in [1.82, 2.24) is 0 Å². The highest BCUT2D eigenvalue weighted by atomic mass is 32.1. The number of carbonyl (C=O) groups is 2. The number of benzene rings is 1. The van der Waals surface area contributed by atoms with Gasteiger partial charge in [0.1, 0.15) is 10.8 Å². The minimum Gasteiger partial charge on any atom is -0.497 e. The Morgan fingerprint density at radius 1 is 1.19 bits per heavy atom. The number of hydrogen-bond donors (Lipinski definition) is 1. The van der Waals surface area contributed by atoms with E-state index >= 15 is 0 Å². The number of ether oxygens (including phenoxy) is 2. The van der Waals surface area contributed by atoms with Gasteiger partial charge in [-0.1, -0.05) is 0 Å². The maximum absolute atomic E-state index is 12.1. The molecule has 1 aromatic heterocycles. The molecule has 5 nitrogen and oxygen atoms in total. The first-order valence-electron chi connectivity index (χ1n) is 6.35. The van der Waals surface area contributed by atoms with Crippen molar-refractivity contribution in [2.45, 2.75) is 6.92 Å². The highest BCUT2D eigenvalue weighted by Crippen LogP contribution is 2.25. The second-order valence-corrected chi connectivity index (χ2v) is 4.98. The molecule has 2 aromatic rings. The van der Waals surface area contributed by atoms with Crippen LogP contribution in [0.4, 0.5) is 5.00 Å². The van der Waals surface area contributed by atoms with Crippen LogP contribution < -0.4 is 10.1 Å². The fourth-order valence-electron chi connectivity index (χ4n) is 1.69. The van der Waals surface area contributed by atoms with E-state index in [-0.39, 0.29) is 5.91 Å². The second kappa shape index (κ2) is 6.90. The highest BCUT2D eigenvalue weighted by Gasteiger charge is 2.16. The first-order chi connectivity index (χ1) is 10.2. The third-order valence-electron chi connectivity index (χ3n) is 2.74. The normalized spacial score (nSPS) is 10.0. The van der Waals surface area contributed by atoms with E-state index in [2.05, 4.69) is 5.32 Å². The van der Waals surface area contributed by atoms with Gasteiger partial charge in [-0.25, -0.2) is 4.79 Å². The number of amides is 1. The molecule has 0 atom stereocenters. The smallest absolute Gasteiger partial charge is 0.341 e. The fourth-order valence-corrected chi connectivity index (χ4v) is 2.46. The summed E-state index contributed by atoms with van der Waals surface area (Å²) in [6, 6.07) is 8.36. The summed E-state index contributed by atoms with van der Waals surface area (Å²) in [6.45, 7) is 2.03. The zero-order valence-corrected chi connectivity index (χ0v) is 12.5. The number of methoxy groups -OCH3 is 1. The van der Waals surface area contributed by atoms with Gasteiger partial charge < -0.3 is 14.8 Å². The Morgan fingerprint density at radius 2 is 1.90 bits per heavy atom. The van der Waals surface area contributed by atoms with E-state index in [0.717, 1.165) is 0 Å². The van der Waals surface area contributed by atoms with Crippen molar-refractivity contribution >= 4 is 28.2 Å². The second-order valence-electron chi connectivity index (χ2n) is 4.07. The van der Waals surface area contributed by atoms with Crippen LogP contribution in [0.5, 0.6) is 5.75 Å². The van der Waals surface area contributed by atoms with Crippen LogP contribution >= 0.6 is 11.3 Å². The lowest BCUT2D eigenvalue weighted by Crippen LogP contribution is -2.14. The van der Waals surface area contributed by atoms with E-state index in [9.17, 15) is 9.59 Å². The molecule has 0 aliphatic rings. The summed E-state index contributed by atoms with van der Waals surface area (Å²) < 4.78 is 9.99. The molecule has 0 spiro atoms. The molecule has 0 aliphatic carbocycles. The first kappa shape index (κ1) is 15.1. The largest absolute Gasteiger partial charge is 0.497 e. The average Bonchev–Trinajstić information content (AvgIpc) is 2.95. The molecule has 0 saturated heterocycles. The lowest BCUT2D eigenvalue weighted by molar-refractivity contribution is 0.0528. The zero-order chi connectivity index (χ0) is 15.2. The Morgan fingerprint density at radius 3 is 2.52 bits per heavy atom. The molecule has 0 aliphatic heterocycles. The van der Waals surface area contributed by atoms with Gasteiger partial charge in [-0.3, -0.25) is 4.79 Å². The van der Waals surface area contributed by atoms with Gasteiger partial charge in [-0.05, 0) is 42.6 Å². The molecule has 21 heavy (non-hydrogen) atoms. The van der Waals surface area contributed by atoms with Crippen molar-refractivity contribution in [2.24, 2.45) is 0 Å². The van der Waals surface area contributed by atoms with Crippen LogP contribution in [-0.4, -0.2) is 25.6 Å². The van der Waals surface area contributed by atoms with E-state index in [1.807, 2.05) is 0 Å². The molecule has 110 valence electrons. The van der Waals surface area contributed by atoms with Crippen molar-refractivity contribution in [1.29, 1.82) is 0 Å². The van der Waals surface area contributed by atoms with Crippen LogP contribution in [0.2, 0.25) is 0 Å². The Bertz CT molecular complexity index is 633. The number of rotatable bonds is 5. The van der Waals surface area contributed by atoms with Gasteiger partial charge in [0.2, 0.25) is 0 Å². The number of hydrogen-bond acceptors (Lipinski definition) is 5.